The molecule has 5 rings (SSSR count). The molecule has 0 spiro atoms. The number of likely N-dealkylation sites (N-methyl/N-ethyl adjacent to an activating group) is 1. The van der Waals surface area contributed by atoms with Crippen LogP contribution in [-0.2, 0) is 6.54 Å². The minimum Gasteiger partial charge on any atom is -0.385 e. The highest BCUT2D eigenvalue weighted by atomic mass is 16.3. The van der Waals surface area contributed by atoms with Gasteiger partial charge in [0, 0.05) is 16.3 Å². The molecule has 172 valence electrons. The standard InChI is InChI=1S/C31H32N2O/c1-3-32(4-2)21-26(34)22-33-30(25-16-9-6-10-17-25)29(24-14-7-5-8-15-24)28-20-19-23-13-11-12-18-27(23)31(28)33/h5-20,26,34H,3-4,21-22H2,1-2H3/p+1/t26-/m1/s1. The van der Waals surface area contributed by atoms with Crippen LogP contribution in [0.25, 0.3) is 44.1 Å². The molecule has 5 aromatic rings. The summed E-state index contributed by atoms with van der Waals surface area (Å²) in [5, 5.41) is 14.9. The van der Waals surface area contributed by atoms with Gasteiger partial charge in [0.2, 0.25) is 0 Å². The lowest BCUT2D eigenvalue weighted by Crippen LogP contribution is -3.12. The van der Waals surface area contributed by atoms with E-state index in [1.165, 1.54) is 49.0 Å². The van der Waals surface area contributed by atoms with Crippen LogP contribution in [0.15, 0.2) is 97.1 Å². The summed E-state index contributed by atoms with van der Waals surface area (Å²) in [6.45, 7) is 7.71. The number of quaternary nitrogens is 1. The van der Waals surface area contributed by atoms with Gasteiger partial charge in [-0.05, 0) is 30.4 Å². The topological polar surface area (TPSA) is 29.6 Å². The van der Waals surface area contributed by atoms with Gasteiger partial charge in [-0.3, -0.25) is 0 Å². The molecular weight excluding hydrogens is 416 g/mol. The summed E-state index contributed by atoms with van der Waals surface area (Å²) in [5.41, 5.74) is 5.97. The molecule has 4 aromatic carbocycles. The summed E-state index contributed by atoms with van der Waals surface area (Å²) in [6, 6.07) is 34.3. The maximum Gasteiger partial charge on any atom is 0.121 e. The maximum atomic E-state index is 11.3. The third kappa shape index (κ3) is 4.13. The second-order valence-corrected chi connectivity index (χ2v) is 9.06. The molecule has 2 N–H and O–H groups in total. The third-order valence-corrected chi connectivity index (χ3v) is 6.97. The zero-order valence-electron chi connectivity index (χ0n) is 20.0. The van der Waals surface area contributed by atoms with Crippen LogP contribution in [0.4, 0.5) is 0 Å². The van der Waals surface area contributed by atoms with Crippen molar-refractivity contribution < 1.29 is 10.0 Å². The second-order valence-electron chi connectivity index (χ2n) is 9.06. The lowest BCUT2D eigenvalue weighted by molar-refractivity contribution is -0.899. The molecule has 0 fully saturated rings. The molecule has 3 heteroatoms. The van der Waals surface area contributed by atoms with E-state index in [0.29, 0.717) is 6.54 Å². The Hall–Kier alpha value is -3.40. The Bertz CT molecular complexity index is 1390. The van der Waals surface area contributed by atoms with Crippen molar-refractivity contribution in [2.45, 2.75) is 26.5 Å². The molecule has 0 aliphatic heterocycles. The molecule has 1 aromatic heterocycles. The van der Waals surface area contributed by atoms with Gasteiger partial charge < -0.3 is 14.6 Å². The van der Waals surface area contributed by atoms with Crippen LogP contribution >= 0.6 is 0 Å². The molecule has 3 nitrogen and oxygen atoms in total. The Morgan fingerprint density at radius 2 is 1.32 bits per heavy atom. The van der Waals surface area contributed by atoms with Crippen molar-refractivity contribution in [1.82, 2.24) is 4.57 Å². The monoisotopic (exact) mass is 449 g/mol. The molecule has 0 unspecified atom stereocenters. The summed E-state index contributed by atoms with van der Waals surface area (Å²) in [6.07, 6.45) is -0.435. The highest BCUT2D eigenvalue weighted by Crippen LogP contribution is 2.43. The third-order valence-electron chi connectivity index (χ3n) is 6.97. The van der Waals surface area contributed by atoms with Crippen LogP contribution in [0.1, 0.15) is 13.8 Å². The lowest BCUT2D eigenvalue weighted by atomic mass is 9.97. The first-order valence-corrected chi connectivity index (χ1v) is 12.4. The van der Waals surface area contributed by atoms with Gasteiger partial charge >= 0.3 is 0 Å². The highest BCUT2D eigenvalue weighted by molar-refractivity contribution is 6.15. The molecule has 0 saturated heterocycles. The number of nitrogens with one attached hydrogen (secondary N) is 1. The molecule has 1 heterocycles. The summed E-state index contributed by atoms with van der Waals surface area (Å²) < 4.78 is 2.38. The van der Waals surface area contributed by atoms with Gasteiger partial charge in [-0.2, -0.15) is 0 Å². The van der Waals surface area contributed by atoms with Gasteiger partial charge in [-0.15, -0.1) is 0 Å². The zero-order valence-corrected chi connectivity index (χ0v) is 20.0. The van der Waals surface area contributed by atoms with E-state index in [0.717, 1.165) is 19.6 Å². The number of hydrogen-bond acceptors (Lipinski definition) is 1. The fourth-order valence-electron chi connectivity index (χ4n) is 5.24. The Kier molecular flexibility index (Phi) is 6.48. The van der Waals surface area contributed by atoms with E-state index in [1.54, 1.807) is 0 Å². The van der Waals surface area contributed by atoms with E-state index < -0.39 is 6.10 Å². The predicted molar refractivity (Wildman–Crippen MR) is 143 cm³/mol. The molecule has 0 aliphatic rings. The first-order chi connectivity index (χ1) is 16.7. The Morgan fingerprint density at radius 3 is 2.00 bits per heavy atom. The quantitative estimate of drug-likeness (QED) is 0.326. The van der Waals surface area contributed by atoms with E-state index in [2.05, 4.69) is 115 Å². The number of aromatic nitrogens is 1. The minimum atomic E-state index is -0.435. The number of fused-ring (bicyclic) bond motifs is 3. The highest BCUT2D eigenvalue weighted by Gasteiger charge is 2.24. The average molecular weight is 450 g/mol. The number of rotatable bonds is 8. The first kappa shape index (κ1) is 22.4. The predicted octanol–water partition coefficient (Wildman–Crippen LogP) is 5.41. The largest absolute Gasteiger partial charge is 0.385 e. The summed E-state index contributed by atoms with van der Waals surface area (Å²) >= 11 is 0. The van der Waals surface area contributed by atoms with E-state index in [9.17, 15) is 5.11 Å². The second kappa shape index (κ2) is 9.84. The van der Waals surface area contributed by atoms with Gasteiger partial charge in [-0.25, -0.2) is 0 Å². The van der Waals surface area contributed by atoms with Crippen molar-refractivity contribution in [3.8, 4) is 22.4 Å². The molecule has 0 amide bonds. The van der Waals surface area contributed by atoms with Crippen LogP contribution < -0.4 is 4.90 Å². The molecule has 0 saturated carbocycles. The normalized spacial score (nSPS) is 12.6. The van der Waals surface area contributed by atoms with E-state index in [-0.39, 0.29) is 0 Å². The van der Waals surface area contributed by atoms with Crippen molar-refractivity contribution in [1.29, 1.82) is 0 Å². The van der Waals surface area contributed by atoms with Crippen molar-refractivity contribution >= 4 is 21.7 Å². The van der Waals surface area contributed by atoms with Crippen LogP contribution in [-0.4, -0.2) is 35.4 Å². The lowest BCUT2D eigenvalue weighted by Gasteiger charge is -2.21. The summed E-state index contributed by atoms with van der Waals surface area (Å²) in [5.74, 6) is 0. The molecule has 0 radical (unpaired) electrons. The molecule has 1 atom stereocenters. The summed E-state index contributed by atoms with van der Waals surface area (Å²) in [7, 11) is 0. The zero-order chi connectivity index (χ0) is 23.5. The summed E-state index contributed by atoms with van der Waals surface area (Å²) in [4.78, 5) is 1.42. The Morgan fingerprint density at radius 1 is 0.706 bits per heavy atom. The Balaban J connectivity index is 1.83. The SMILES string of the molecule is CC[NH+](CC)C[C@@H](O)Cn1c(-c2ccccc2)c(-c2ccccc2)c2ccc3ccccc3c21. The number of aliphatic hydroxyl groups excluding tert-OH is 1. The van der Waals surface area contributed by atoms with Crippen molar-refractivity contribution in [2.75, 3.05) is 19.6 Å². The maximum absolute atomic E-state index is 11.3. The average Bonchev–Trinajstić information content (AvgIpc) is 3.22. The fraction of sp³-hybridized carbons (Fsp3) is 0.226. The molecule has 34 heavy (non-hydrogen) atoms. The van der Waals surface area contributed by atoms with Gasteiger partial charge in [0.25, 0.3) is 0 Å². The smallest absolute Gasteiger partial charge is 0.121 e. The number of hydrogen-bond donors (Lipinski definition) is 2. The first-order valence-electron chi connectivity index (χ1n) is 12.4. The minimum absolute atomic E-state index is 0.435. The van der Waals surface area contributed by atoms with Gasteiger partial charge in [0.05, 0.1) is 30.8 Å². The molecule has 0 aliphatic carbocycles. The van der Waals surface area contributed by atoms with Crippen molar-refractivity contribution in [3.63, 3.8) is 0 Å². The van der Waals surface area contributed by atoms with Crippen molar-refractivity contribution in [3.05, 3.63) is 97.1 Å². The van der Waals surface area contributed by atoms with E-state index in [1.807, 2.05) is 0 Å². The molecule has 0 bridgehead atoms. The van der Waals surface area contributed by atoms with Crippen LogP contribution in [0, 0.1) is 0 Å². The van der Waals surface area contributed by atoms with E-state index >= 15 is 0 Å². The number of nitrogens with zero attached hydrogens (tertiary/aromatic N) is 1. The van der Waals surface area contributed by atoms with Crippen LogP contribution in [0.3, 0.4) is 0 Å². The van der Waals surface area contributed by atoms with Crippen LogP contribution in [0.5, 0.6) is 0 Å². The van der Waals surface area contributed by atoms with E-state index in [4.69, 9.17) is 0 Å². The van der Waals surface area contributed by atoms with Crippen molar-refractivity contribution in [2.24, 2.45) is 0 Å². The van der Waals surface area contributed by atoms with Gasteiger partial charge in [0.15, 0.2) is 0 Å². The fourth-order valence-corrected chi connectivity index (χ4v) is 5.24. The Labute approximate surface area is 201 Å². The number of benzene rings is 4. The number of aliphatic hydroxyl groups is 1. The van der Waals surface area contributed by atoms with Gasteiger partial charge in [0.1, 0.15) is 12.6 Å². The van der Waals surface area contributed by atoms with Crippen LogP contribution in [0.2, 0.25) is 0 Å². The molecular formula is C31H33N2O+. The van der Waals surface area contributed by atoms with Gasteiger partial charge in [-0.1, -0.05) is 97.1 Å².